The molecule has 0 aliphatic carbocycles. The van der Waals surface area contributed by atoms with Gasteiger partial charge in [-0.3, -0.25) is 0 Å². The minimum Gasteiger partial charge on any atom is -0.354 e. The summed E-state index contributed by atoms with van der Waals surface area (Å²) in [4.78, 5) is 1.99. The molecule has 0 N–H and O–H groups in total. The highest BCUT2D eigenvalue weighted by atomic mass is 32.1. The Hall–Kier alpha value is -0.0200. The van der Waals surface area contributed by atoms with Crippen LogP contribution >= 0.6 is 24.8 Å². The van der Waals surface area contributed by atoms with Crippen LogP contribution in [0.2, 0.25) is 0 Å². The van der Waals surface area contributed by atoms with Crippen molar-refractivity contribution in [1.29, 1.82) is 0 Å². The van der Waals surface area contributed by atoms with E-state index in [4.69, 9.17) is 12.2 Å². The summed E-state index contributed by atoms with van der Waals surface area (Å²) < 4.78 is 0.644. The van der Waals surface area contributed by atoms with Crippen molar-refractivity contribution >= 4 is 29.2 Å². The van der Waals surface area contributed by atoms with Crippen molar-refractivity contribution in [3.05, 3.63) is 12.2 Å². The molecule has 0 aliphatic heterocycles. The standard InChI is InChI=1S/C7H13NS2/c1-4-8(7(9)10)5-6(2)3/h2,4-5H2,1,3H3,(H,9,10). The zero-order valence-corrected chi connectivity index (χ0v) is 8.13. The van der Waals surface area contributed by atoms with Gasteiger partial charge in [-0.2, -0.15) is 0 Å². The van der Waals surface area contributed by atoms with E-state index in [1.54, 1.807) is 0 Å². The molecule has 0 spiro atoms. The van der Waals surface area contributed by atoms with Gasteiger partial charge in [0.05, 0.1) is 0 Å². The molecule has 0 amide bonds. The molecule has 0 aromatic rings. The predicted molar refractivity (Wildman–Crippen MR) is 53.6 cm³/mol. The highest BCUT2D eigenvalue weighted by Gasteiger charge is 2.01. The lowest BCUT2D eigenvalue weighted by Gasteiger charge is -2.19. The van der Waals surface area contributed by atoms with Crippen LogP contribution in [0.5, 0.6) is 0 Å². The van der Waals surface area contributed by atoms with Crippen LogP contribution in [0.25, 0.3) is 0 Å². The molecule has 0 rings (SSSR count). The third kappa shape index (κ3) is 3.90. The summed E-state index contributed by atoms with van der Waals surface area (Å²) in [6, 6.07) is 0. The summed E-state index contributed by atoms with van der Waals surface area (Å²) in [5, 5.41) is 0. The normalized spacial score (nSPS) is 9.10. The van der Waals surface area contributed by atoms with Gasteiger partial charge in [0.2, 0.25) is 0 Å². The lowest BCUT2D eigenvalue weighted by atomic mass is 10.3. The van der Waals surface area contributed by atoms with Crippen molar-refractivity contribution in [3.8, 4) is 0 Å². The molecule has 0 unspecified atom stereocenters. The number of thiocarbonyl (C=S) groups is 1. The Kier molecular flexibility index (Phi) is 4.73. The summed E-state index contributed by atoms with van der Waals surface area (Å²) in [5.41, 5.74) is 1.11. The van der Waals surface area contributed by atoms with Crippen LogP contribution in [0.3, 0.4) is 0 Å². The van der Waals surface area contributed by atoms with Crippen LogP contribution in [-0.2, 0) is 0 Å². The van der Waals surface area contributed by atoms with E-state index in [1.165, 1.54) is 0 Å². The maximum absolute atomic E-state index is 4.88. The van der Waals surface area contributed by atoms with Gasteiger partial charge in [-0.05, 0) is 13.8 Å². The zero-order valence-electron chi connectivity index (χ0n) is 6.42. The predicted octanol–water partition coefficient (Wildman–Crippen LogP) is 2.10. The van der Waals surface area contributed by atoms with Crippen LogP contribution in [0.15, 0.2) is 12.2 Å². The molecule has 0 aromatic carbocycles. The number of nitrogens with zero attached hydrogens (tertiary/aromatic N) is 1. The van der Waals surface area contributed by atoms with Gasteiger partial charge in [0.25, 0.3) is 0 Å². The van der Waals surface area contributed by atoms with E-state index < -0.39 is 0 Å². The Labute approximate surface area is 73.5 Å². The van der Waals surface area contributed by atoms with E-state index in [0.29, 0.717) is 4.32 Å². The van der Waals surface area contributed by atoms with Crippen molar-refractivity contribution < 1.29 is 0 Å². The largest absolute Gasteiger partial charge is 0.354 e. The highest BCUT2D eigenvalue weighted by molar-refractivity contribution is 8.10. The van der Waals surface area contributed by atoms with Gasteiger partial charge in [-0.15, -0.1) is 12.6 Å². The lowest BCUT2D eigenvalue weighted by Crippen LogP contribution is -2.27. The van der Waals surface area contributed by atoms with Crippen molar-refractivity contribution in [2.24, 2.45) is 0 Å². The molecule has 10 heavy (non-hydrogen) atoms. The Morgan fingerprint density at radius 1 is 1.70 bits per heavy atom. The second-order valence-electron chi connectivity index (χ2n) is 2.25. The average Bonchev–Trinajstić information content (AvgIpc) is 1.81. The van der Waals surface area contributed by atoms with Gasteiger partial charge < -0.3 is 4.90 Å². The first-order valence-corrected chi connectivity index (χ1v) is 4.05. The monoisotopic (exact) mass is 175 g/mol. The second-order valence-corrected chi connectivity index (χ2v) is 3.37. The van der Waals surface area contributed by atoms with E-state index in [0.717, 1.165) is 18.7 Å². The maximum Gasteiger partial charge on any atom is 0.133 e. The van der Waals surface area contributed by atoms with Crippen molar-refractivity contribution in [1.82, 2.24) is 4.90 Å². The fraction of sp³-hybridized carbons (Fsp3) is 0.571. The highest BCUT2D eigenvalue weighted by Crippen LogP contribution is 1.99. The molecule has 0 radical (unpaired) electrons. The molecule has 58 valence electrons. The molecule has 0 saturated heterocycles. The van der Waals surface area contributed by atoms with E-state index in [9.17, 15) is 0 Å². The molecular formula is C7H13NS2. The lowest BCUT2D eigenvalue weighted by molar-refractivity contribution is 0.495. The molecule has 0 fully saturated rings. The number of rotatable bonds is 3. The SMILES string of the molecule is C=C(C)CN(CC)C(=S)S. The van der Waals surface area contributed by atoms with Gasteiger partial charge in [0, 0.05) is 13.1 Å². The smallest absolute Gasteiger partial charge is 0.133 e. The molecule has 0 aliphatic rings. The van der Waals surface area contributed by atoms with Crippen molar-refractivity contribution in [2.45, 2.75) is 13.8 Å². The minimum absolute atomic E-state index is 0.644. The quantitative estimate of drug-likeness (QED) is 0.397. The Morgan fingerprint density at radius 3 is 2.30 bits per heavy atom. The molecule has 0 heterocycles. The van der Waals surface area contributed by atoms with Gasteiger partial charge >= 0.3 is 0 Å². The topological polar surface area (TPSA) is 3.24 Å². The number of likely N-dealkylation sites (N-methyl/N-ethyl adjacent to an activating group) is 1. The first-order valence-electron chi connectivity index (χ1n) is 3.20. The summed E-state index contributed by atoms with van der Waals surface area (Å²) in [6.07, 6.45) is 0. The first kappa shape index (κ1) is 9.98. The summed E-state index contributed by atoms with van der Waals surface area (Å²) in [6.45, 7) is 9.53. The average molecular weight is 175 g/mol. The fourth-order valence-corrected chi connectivity index (χ4v) is 1.05. The molecule has 0 saturated carbocycles. The molecule has 1 nitrogen and oxygen atoms in total. The molecular weight excluding hydrogens is 162 g/mol. The van der Waals surface area contributed by atoms with Gasteiger partial charge in [-0.1, -0.05) is 24.4 Å². The van der Waals surface area contributed by atoms with E-state index in [2.05, 4.69) is 19.2 Å². The number of hydrogen-bond acceptors (Lipinski definition) is 1. The van der Waals surface area contributed by atoms with Gasteiger partial charge in [-0.25, -0.2) is 0 Å². The van der Waals surface area contributed by atoms with Crippen LogP contribution < -0.4 is 0 Å². The fourth-order valence-electron chi connectivity index (χ4n) is 0.641. The van der Waals surface area contributed by atoms with Gasteiger partial charge in [0.1, 0.15) is 4.32 Å². The Morgan fingerprint density at radius 2 is 2.20 bits per heavy atom. The second kappa shape index (κ2) is 4.74. The Balaban J connectivity index is 3.83. The summed E-state index contributed by atoms with van der Waals surface area (Å²) in [5.74, 6) is 0. The third-order valence-electron chi connectivity index (χ3n) is 1.11. The molecule has 0 aromatic heterocycles. The van der Waals surface area contributed by atoms with E-state index in [1.807, 2.05) is 18.7 Å². The van der Waals surface area contributed by atoms with Crippen LogP contribution in [0.1, 0.15) is 13.8 Å². The van der Waals surface area contributed by atoms with Crippen LogP contribution in [0, 0.1) is 0 Å². The molecule has 0 atom stereocenters. The van der Waals surface area contributed by atoms with E-state index >= 15 is 0 Å². The minimum atomic E-state index is 0.644. The summed E-state index contributed by atoms with van der Waals surface area (Å²) >= 11 is 8.95. The van der Waals surface area contributed by atoms with Crippen LogP contribution in [-0.4, -0.2) is 22.3 Å². The molecule has 3 heteroatoms. The third-order valence-corrected chi connectivity index (χ3v) is 1.65. The van der Waals surface area contributed by atoms with Crippen molar-refractivity contribution in [2.75, 3.05) is 13.1 Å². The summed E-state index contributed by atoms with van der Waals surface area (Å²) in [7, 11) is 0. The molecule has 0 bridgehead atoms. The van der Waals surface area contributed by atoms with Crippen molar-refractivity contribution in [3.63, 3.8) is 0 Å². The maximum atomic E-state index is 4.88. The Bertz CT molecular complexity index is 143. The van der Waals surface area contributed by atoms with Gasteiger partial charge in [0.15, 0.2) is 0 Å². The zero-order chi connectivity index (χ0) is 8.15. The number of thiol groups is 1. The first-order chi connectivity index (χ1) is 4.57. The number of hydrogen-bond donors (Lipinski definition) is 1. The van der Waals surface area contributed by atoms with Crippen LogP contribution in [0.4, 0.5) is 0 Å². The van der Waals surface area contributed by atoms with E-state index in [-0.39, 0.29) is 0 Å².